The minimum absolute atomic E-state index is 0.808. The normalized spacial score (nSPS) is 14.0. The topological polar surface area (TPSA) is 21.1 Å². The number of hydrogen-bond donors (Lipinski definition) is 0. The van der Waals surface area contributed by atoms with E-state index in [0.29, 0.717) is 0 Å². The van der Waals surface area contributed by atoms with Crippen LogP contribution in [-0.2, 0) is 19.4 Å². The molecule has 0 unspecified atom stereocenters. The average Bonchev–Trinajstić information content (AvgIpc) is 2.64. The van der Waals surface area contributed by atoms with E-state index in [1.807, 2.05) is 0 Å². The van der Waals surface area contributed by atoms with Crippen molar-refractivity contribution < 1.29 is 0 Å². The molecular weight excluding hydrogens is 314 g/mol. The van der Waals surface area contributed by atoms with Gasteiger partial charge in [0.15, 0.2) is 0 Å². The second-order valence-corrected chi connectivity index (χ2v) is 6.80. The monoisotopic (exact) mass is 341 g/mol. The van der Waals surface area contributed by atoms with Gasteiger partial charge in [0.2, 0.25) is 0 Å². The van der Waals surface area contributed by atoms with Crippen molar-refractivity contribution in [2.24, 2.45) is 0 Å². The van der Waals surface area contributed by atoms with E-state index in [2.05, 4.69) is 53.6 Å². The van der Waals surface area contributed by atoms with Crippen LogP contribution in [0.3, 0.4) is 0 Å². The molecule has 1 aliphatic rings. The summed E-state index contributed by atoms with van der Waals surface area (Å²) in [6.07, 6.45) is 4.70. The molecule has 0 bridgehead atoms. The SMILES string of the molecule is CCN(CC)CCn1c(-c2ccccc2)nc(=S)c2c1CCCC2. The third kappa shape index (κ3) is 3.60. The summed E-state index contributed by atoms with van der Waals surface area (Å²) in [7, 11) is 0. The molecule has 4 heteroatoms. The highest BCUT2D eigenvalue weighted by Gasteiger charge is 2.19. The Kier molecular flexibility index (Phi) is 5.80. The van der Waals surface area contributed by atoms with Gasteiger partial charge in [-0.25, -0.2) is 4.98 Å². The van der Waals surface area contributed by atoms with Gasteiger partial charge >= 0.3 is 0 Å². The quantitative estimate of drug-likeness (QED) is 0.722. The molecule has 1 aromatic carbocycles. The third-order valence-corrected chi connectivity index (χ3v) is 5.39. The number of likely N-dealkylation sites (N-methyl/N-ethyl adjacent to an activating group) is 1. The van der Waals surface area contributed by atoms with Crippen LogP contribution in [0.1, 0.15) is 37.9 Å². The van der Waals surface area contributed by atoms with E-state index in [9.17, 15) is 0 Å². The molecule has 3 rings (SSSR count). The first-order chi connectivity index (χ1) is 11.7. The predicted molar refractivity (Wildman–Crippen MR) is 103 cm³/mol. The Morgan fingerprint density at radius 2 is 1.79 bits per heavy atom. The molecule has 0 saturated carbocycles. The van der Waals surface area contributed by atoms with Crippen LogP contribution >= 0.6 is 12.2 Å². The molecule has 0 fully saturated rings. The van der Waals surface area contributed by atoms with Gasteiger partial charge in [-0.15, -0.1) is 0 Å². The summed E-state index contributed by atoms with van der Waals surface area (Å²) in [6.45, 7) is 8.68. The Hall–Kier alpha value is -1.52. The fourth-order valence-corrected chi connectivity index (χ4v) is 3.91. The van der Waals surface area contributed by atoms with Gasteiger partial charge in [0.25, 0.3) is 0 Å². The molecule has 0 spiro atoms. The maximum Gasteiger partial charge on any atom is 0.141 e. The first-order valence-electron chi connectivity index (χ1n) is 9.15. The van der Waals surface area contributed by atoms with Crippen LogP contribution in [0.25, 0.3) is 11.4 Å². The Labute approximate surface area is 150 Å². The van der Waals surface area contributed by atoms with Crippen molar-refractivity contribution in [2.45, 2.75) is 46.1 Å². The molecule has 1 heterocycles. The zero-order valence-electron chi connectivity index (χ0n) is 14.8. The summed E-state index contributed by atoms with van der Waals surface area (Å²) in [5, 5.41) is 0. The lowest BCUT2D eigenvalue weighted by Gasteiger charge is -2.26. The lowest BCUT2D eigenvalue weighted by Crippen LogP contribution is -2.29. The van der Waals surface area contributed by atoms with E-state index in [1.54, 1.807) is 0 Å². The molecule has 24 heavy (non-hydrogen) atoms. The fourth-order valence-electron chi connectivity index (χ4n) is 3.60. The predicted octanol–water partition coefficient (Wildman–Crippen LogP) is 4.50. The van der Waals surface area contributed by atoms with Crippen molar-refractivity contribution in [1.29, 1.82) is 0 Å². The summed E-state index contributed by atoms with van der Waals surface area (Å²) in [6, 6.07) is 10.5. The Morgan fingerprint density at radius 3 is 2.50 bits per heavy atom. The highest BCUT2D eigenvalue weighted by molar-refractivity contribution is 7.71. The standard InChI is InChI=1S/C20H27N3S/c1-3-22(4-2)14-15-23-18-13-9-8-12-17(18)20(24)21-19(23)16-10-6-5-7-11-16/h5-7,10-11H,3-4,8-9,12-15H2,1-2H3. The highest BCUT2D eigenvalue weighted by Crippen LogP contribution is 2.27. The van der Waals surface area contributed by atoms with Crippen LogP contribution in [0.15, 0.2) is 30.3 Å². The van der Waals surface area contributed by atoms with Gasteiger partial charge in [0.1, 0.15) is 10.5 Å². The summed E-state index contributed by atoms with van der Waals surface area (Å²) < 4.78 is 3.25. The van der Waals surface area contributed by atoms with E-state index < -0.39 is 0 Å². The molecular formula is C20H27N3S. The lowest BCUT2D eigenvalue weighted by atomic mass is 9.96. The van der Waals surface area contributed by atoms with Crippen LogP contribution in [0, 0.1) is 4.64 Å². The highest BCUT2D eigenvalue weighted by atomic mass is 32.1. The van der Waals surface area contributed by atoms with Crippen LogP contribution in [0.2, 0.25) is 0 Å². The Balaban J connectivity index is 2.07. The zero-order valence-corrected chi connectivity index (χ0v) is 15.6. The second-order valence-electron chi connectivity index (χ2n) is 6.42. The molecule has 1 aromatic heterocycles. The molecule has 0 atom stereocenters. The first-order valence-corrected chi connectivity index (χ1v) is 9.55. The molecule has 3 nitrogen and oxygen atoms in total. The van der Waals surface area contributed by atoms with Crippen molar-refractivity contribution in [3.8, 4) is 11.4 Å². The van der Waals surface area contributed by atoms with E-state index >= 15 is 0 Å². The molecule has 0 saturated heterocycles. The molecule has 0 aliphatic heterocycles. The largest absolute Gasteiger partial charge is 0.328 e. The van der Waals surface area contributed by atoms with Gasteiger partial charge in [-0.1, -0.05) is 56.4 Å². The zero-order chi connectivity index (χ0) is 16.9. The van der Waals surface area contributed by atoms with Gasteiger partial charge in [-0.2, -0.15) is 0 Å². The maximum absolute atomic E-state index is 5.63. The van der Waals surface area contributed by atoms with E-state index in [4.69, 9.17) is 17.2 Å². The van der Waals surface area contributed by atoms with Crippen LogP contribution < -0.4 is 0 Å². The van der Waals surface area contributed by atoms with Crippen molar-refractivity contribution in [2.75, 3.05) is 19.6 Å². The summed E-state index contributed by atoms with van der Waals surface area (Å²) in [5.74, 6) is 1.04. The van der Waals surface area contributed by atoms with Crippen LogP contribution in [0.5, 0.6) is 0 Å². The van der Waals surface area contributed by atoms with Gasteiger partial charge < -0.3 is 9.47 Å². The van der Waals surface area contributed by atoms with Gasteiger partial charge in [0, 0.05) is 29.9 Å². The minimum atomic E-state index is 0.808. The lowest BCUT2D eigenvalue weighted by molar-refractivity contribution is 0.288. The van der Waals surface area contributed by atoms with Crippen molar-refractivity contribution in [1.82, 2.24) is 14.5 Å². The summed E-state index contributed by atoms with van der Waals surface area (Å²) in [5.41, 5.74) is 3.90. The number of rotatable bonds is 6. The van der Waals surface area contributed by atoms with Crippen LogP contribution in [0.4, 0.5) is 0 Å². The van der Waals surface area contributed by atoms with Crippen molar-refractivity contribution in [3.63, 3.8) is 0 Å². The Bertz CT molecular complexity index is 733. The van der Waals surface area contributed by atoms with E-state index in [0.717, 1.165) is 55.0 Å². The molecule has 0 radical (unpaired) electrons. The smallest absolute Gasteiger partial charge is 0.141 e. The Morgan fingerprint density at radius 1 is 1.08 bits per heavy atom. The first kappa shape index (κ1) is 17.3. The molecule has 128 valence electrons. The number of benzene rings is 1. The van der Waals surface area contributed by atoms with E-state index in [1.165, 1.54) is 24.1 Å². The molecule has 0 N–H and O–H groups in total. The van der Waals surface area contributed by atoms with E-state index in [-0.39, 0.29) is 0 Å². The number of nitrogens with zero attached hydrogens (tertiary/aromatic N) is 3. The van der Waals surface area contributed by atoms with Crippen molar-refractivity contribution >= 4 is 12.2 Å². The fraction of sp³-hybridized carbons (Fsp3) is 0.500. The number of hydrogen-bond acceptors (Lipinski definition) is 3. The minimum Gasteiger partial charge on any atom is -0.328 e. The van der Waals surface area contributed by atoms with Gasteiger partial charge in [0.05, 0.1) is 0 Å². The molecule has 1 aliphatic carbocycles. The van der Waals surface area contributed by atoms with Crippen LogP contribution in [-0.4, -0.2) is 34.1 Å². The number of aromatic nitrogens is 2. The average molecular weight is 342 g/mol. The van der Waals surface area contributed by atoms with Crippen molar-refractivity contribution in [3.05, 3.63) is 46.2 Å². The molecule has 2 aromatic rings. The second kappa shape index (κ2) is 8.04. The number of fused-ring (bicyclic) bond motifs is 1. The summed E-state index contributed by atoms with van der Waals surface area (Å²) in [4.78, 5) is 7.32. The maximum atomic E-state index is 5.63. The summed E-state index contributed by atoms with van der Waals surface area (Å²) >= 11 is 5.63. The van der Waals surface area contributed by atoms with Gasteiger partial charge in [-0.05, 0) is 38.8 Å². The third-order valence-electron chi connectivity index (χ3n) is 5.05. The van der Waals surface area contributed by atoms with Gasteiger partial charge in [-0.3, -0.25) is 0 Å². The molecule has 0 amide bonds.